The Kier molecular flexibility index (Phi) is 10.3. The number of hydrazone groups is 1. The van der Waals surface area contributed by atoms with Crippen LogP contribution < -0.4 is 10.7 Å². The number of carbonyl (C=O) groups excluding carboxylic acids is 2. The summed E-state index contributed by atoms with van der Waals surface area (Å²) in [5.74, 6) is 0.497. The summed E-state index contributed by atoms with van der Waals surface area (Å²) in [4.78, 5) is 28.1. The van der Waals surface area contributed by atoms with Gasteiger partial charge in [0.2, 0.25) is 0 Å². The number of nitrogens with one attached hydrogen (secondary N) is 2. The summed E-state index contributed by atoms with van der Waals surface area (Å²) in [6, 6.07) is 10.8. The van der Waals surface area contributed by atoms with E-state index in [2.05, 4.69) is 20.8 Å². The lowest BCUT2D eigenvalue weighted by Crippen LogP contribution is -2.23. The topological polar surface area (TPSA) is 83.5 Å². The van der Waals surface area contributed by atoms with E-state index in [1.54, 1.807) is 30.5 Å². The van der Waals surface area contributed by atoms with Gasteiger partial charge in [-0.3, -0.25) is 15.0 Å². The van der Waals surface area contributed by atoms with Crippen LogP contribution in [-0.4, -0.2) is 28.9 Å². The number of benzene rings is 1. The molecule has 6 nitrogen and oxygen atoms in total. The molecular weight excluding hydrogens is 364 g/mol. The minimum absolute atomic E-state index is 0.0575. The highest BCUT2D eigenvalue weighted by Crippen LogP contribution is 2.11. The summed E-state index contributed by atoms with van der Waals surface area (Å²) in [6.45, 7) is 12.3. The fourth-order valence-corrected chi connectivity index (χ4v) is 2.35. The van der Waals surface area contributed by atoms with Crippen LogP contribution in [0.5, 0.6) is 0 Å². The van der Waals surface area contributed by atoms with Crippen molar-refractivity contribution in [2.24, 2.45) is 11.0 Å². The molecule has 0 spiro atoms. The largest absolute Gasteiger partial charge is 0.352 e. The summed E-state index contributed by atoms with van der Waals surface area (Å²) in [5.41, 5.74) is 5.77. The van der Waals surface area contributed by atoms with E-state index in [4.69, 9.17) is 0 Å². The van der Waals surface area contributed by atoms with Crippen LogP contribution in [0.4, 0.5) is 5.82 Å². The molecule has 2 aromatic rings. The van der Waals surface area contributed by atoms with Crippen molar-refractivity contribution in [2.75, 3.05) is 12.0 Å². The van der Waals surface area contributed by atoms with Crippen molar-refractivity contribution in [3.63, 3.8) is 0 Å². The molecule has 6 heteroatoms. The smallest absolute Gasteiger partial charge is 0.251 e. The first-order valence-electron chi connectivity index (χ1n) is 10.1. The number of carbonyl (C=O) groups is 2. The first-order chi connectivity index (χ1) is 13.9. The maximum absolute atomic E-state index is 11.9. The number of hydrogen-bond donors (Lipinski definition) is 2. The van der Waals surface area contributed by atoms with Crippen molar-refractivity contribution in [3.05, 3.63) is 59.3 Å². The van der Waals surface area contributed by atoms with Gasteiger partial charge in [-0.1, -0.05) is 46.8 Å². The molecule has 2 N–H and O–H groups in total. The number of amides is 1. The van der Waals surface area contributed by atoms with Crippen molar-refractivity contribution in [3.8, 4) is 0 Å². The summed E-state index contributed by atoms with van der Waals surface area (Å²) < 4.78 is 0. The molecule has 0 saturated carbocycles. The van der Waals surface area contributed by atoms with Crippen LogP contribution in [0.25, 0.3) is 0 Å². The normalized spacial score (nSPS) is 10.8. The van der Waals surface area contributed by atoms with Crippen molar-refractivity contribution < 1.29 is 9.59 Å². The first-order valence-corrected chi connectivity index (χ1v) is 10.1. The highest BCUT2D eigenvalue weighted by atomic mass is 16.1. The molecule has 0 fully saturated rings. The van der Waals surface area contributed by atoms with Gasteiger partial charge < -0.3 is 5.32 Å². The molecule has 1 heterocycles. The van der Waals surface area contributed by atoms with Crippen molar-refractivity contribution in [2.45, 2.75) is 48.0 Å². The van der Waals surface area contributed by atoms with Crippen molar-refractivity contribution >= 4 is 23.2 Å². The predicted molar refractivity (Wildman–Crippen MR) is 120 cm³/mol. The average Bonchev–Trinajstić information content (AvgIpc) is 2.77. The van der Waals surface area contributed by atoms with Gasteiger partial charge in [0.25, 0.3) is 5.91 Å². The third kappa shape index (κ3) is 7.49. The molecule has 0 aliphatic carbocycles. The van der Waals surface area contributed by atoms with Crippen LogP contribution in [-0.2, 0) is 0 Å². The van der Waals surface area contributed by atoms with E-state index in [1.165, 1.54) is 0 Å². The lowest BCUT2D eigenvalue weighted by atomic mass is 10.0. The predicted octanol–water partition coefficient (Wildman–Crippen LogP) is 4.92. The van der Waals surface area contributed by atoms with Crippen LogP contribution in [0.1, 0.15) is 74.2 Å². The number of nitrogens with zero attached hydrogens (tertiary/aromatic N) is 2. The quantitative estimate of drug-likeness (QED) is 0.377. The molecule has 156 valence electrons. The molecule has 1 aromatic carbocycles. The van der Waals surface area contributed by atoms with E-state index in [0.717, 1.165) is 17.7 Å². The summed E-state index contributed by atoms with van der Waals surface area (Å²) in [6.07, 6.45) is 2.46. The molecule has 0 bridgehead atoms. The van der Waals surface area contributed by atoms with Crippen LogP contribution in [0.3, 0.4) is 0 Å². The van der Waals surface area contributed by atoms with Gasteiger partial charge >= 0.3 is 0 Å². The molecule has 0 radical (unpaired) electrons. The monoisotopic (exact) mass is 396 g/mol. The Balaban J connectivity index is 0.00000204. The fourth-order valence-electron chi connectivity index (χ4n) is 2.35. The third-order valence-electron chi connectivity index (χ3n) is 4.01. The number of ketones is 1. The third-order valence-corrected chi connectivity index (χ3v) is 4.01. The van der Waals surface area contributed by atoms with Gasteiger partial charge in [0.15, 0.2) is 5.78 Å². The van der Waals surface area contributed by atoms with Crippen LogP contribution >= 0.6 is 0 Å². The van der Waals surface area contributed by atoms with E-state index in [-0.39, 0.29) is 17.6 Å². The Bertz CT molecular complexity index is 810. The van der Waals surface area contributed by atoms with Crippen LogP contribution in [0.15, 0.2) is 47.7 Å². The zero-order valence-electron chi connectivity index (χ0n) is 18.2. The number of aromatic nitrogens is 1. The molecule has 29 heavy (non-hydrogen) atoms. The standard InChI is InChI=1S/C21H26N4O2.C2H6/c1-5-12-22-21(27)17-8-6-16(7-9-17)15(4)24-25-19-11-10-18(13-23-19)20(26)14(2)3;1-2/h6-11,13-14H,5,12H2,1-4H3,(H,22,27)(H,23,25);1-2H3/b24-15+;. The number of anilines is 1. The van der Waals surface area contributed by atoms with Crippen molar-refractivity contribution in [1.29, 1.82) is 0 Å². The van der Waals surface area contributed by atoms with Gasteiger partial charge in [0, 0.05) is 29.8 Å². The zero-order chi connectivity index (χ0) is 21.8. The second kappa shape index (κ2) is 12.4. The SMILES string of the molecule is CC.CCCNC(=O)c1ccc(/C(C)=N/Nc2ccc(C(=O)C(C)C)cn2)cc1. The van der Waals surface area contributed by atoms with E-state index < -0.39 is 0 Å². The van der Waals surface area contributed by atoms with Crippen LogP contribution in [0.2, 0.25) is 0 Å². The number of pyridine rings is 1. The maximum atomic E-state index is 11.9. The van der Waals surface area contributed by atoms with Crippen molar-refractivity contribution in [1.82, 2.24) is 10.3 Å². The highest BCUT2D eigenvalue weighted by Gasteiger charge is 2.10. The lowest BCUT2D eigenvalue weighted by Gasteiger charge is -2.07. The Morgan fingerprint density at radius 1 is 1.00 bits per heavy atom. The van der Waals surface area contributed by atoms with Gasteiger partial charge in [-0.05, 0) is 43.2 Å². The molecular formula is C23H32N4O2. The van der Waals surface area contributed by atoms with Crippen LogP contribution in [0, 0.1) is 5.92 Å². The summed E-state index contributed by atoms with van der Waals surface area (Å²) in [7, 11) is 0. The minimum Gasteiger partial charge on any atom is -0.352 e. The van der Waals surface area contributed by atoms with Gasteiger partial charge in [-0.25, -0.2) is 4.98 Å². The molecule has 0 atom stereocenters. The van der Waals surface area contributed by atoms with E-state index in [0.29, 0.717) is 23.5 Å². The molecule has 0 aliphatic rings. The highest BCUT2D eigenvalue weighted by molar-refractivity contribution is 6.01. The zero-order valence-corrected chi connectivity index (χ0v) is 18.2. The molecule has 2 rings (SSSR count). The van der Waals surface area contributed by atoms with E-state index >= 15 is 0 Å². The average molecular weight is 397 g/mol. The second-order valence-corrected chi connectivity index (χ2v) is 6.59. The first kappa shape index (κ1) is 24.0. The fraction of sp³-hybridized carbons (Fsp3) is 0.391. The molecule has 0 saturated heterocycles. The van der Waals surface area contributed by atoms with Gasteiger partial charge in [-0.15, -0.1) is 0 Å². The Hall–Kier alpha value is -3.02. The van der Waals surface area contributed by atoms with Gasteiger partial charge in [-0.2, -0.15) is 5.10 Å². The molecule has 1 aromatic heterocycles. The lowest BCUT2D eigenvalue weighted by molar-refractivity contribution is 0.0936. The summed E-state index contributed by atoms with van der Waals surface area (Å²) >= 11 is 0. The molecule has 1 amide bonds. The Morgan fingerprint density at radius 3 is 2.10 bits per heavy atom. The van der Waals surface area contributed by atoms with Gasteiger partial charge in [0.05, 0.1) is 5.71 Å². The molecule has 0 aliphatic heterocycles. The Labute approximate surface area is 173 Å². The number of Topliss-reactive ketones (excluding diaryl/α,β-unsaturated/α-hetero) is 1. The molecule has 0 unspecified atom stereocenters. The maximum Gasteiger partial charge on any atom is 0.251 e. The Morgan fingerprint density at radius 2 is 1.59 bits per heavy atom. The van der Waals surface area contributed by atoms with E-state index in [9.17, 15) is 9.59 Å². The summed E-state index contributed by atoms with van der Waals surface area (Å²) in [5, 5.41) is 7.17. The second-order valence-electron chi connectivity index (χ2n) is 6.59. The number of hydrogen-bond acceptors (Lipinski definition) is 5. The minimum atomic E-state index is -0.0728. The van der Waals surface area contributed by atoms with E-state index in [1.807, 2.05) is 53.7 Å². The number of rotatable bonds is 8. The van der Waals surface area contributed by atoms with Gasteiger partial charge in [0.1, 0.15) is 5.82 Å².